The summed E-state index contributed by atoms with van der Waals surface area (Å²) in [4.78, 5) is 6.96. The van der Waals surface area contributed by atoms with Gasteiger partial charge < -0.3 is 24.8 Å². The fourth-order valence-corrected chi connectivity index (χ4v) is 4.11. The molecule has 1 atom stereocenters. The van der Waals surface area contributed by atoms with Crippen LogP contribution in [-0.2, 0) is 6.42 Å². The first-order valence-electron chi connectivity index (χ1n) is 11.2. The van der Waals surface area contributed by atoms with Gasteiger partial charge in [-0.15, -0.1) is 24.0 Å². The quantitative estimate of drug-likeness (QED) is 0.258. The van der Waals surface area contributed by atoms with Gasteiger partial charge in [-0.2, -0.15) is 0 Å². The van der Waals surface area contributed by atoms with Gasteiger partial charge in [-0.3, -0.25) is 9.89 Å². The summed E-state index contributed by atoms with van der Waals surface area (Å²) < 4.78 is 16.0. The summed E-state index contributed by atoms with van der Waals surface area (Å²) in [7, 11) is 6.82. The van der Waals surface area contributed by atoms with Gasteiger partial charge in [0, 0.05) is 20.1 Å². The average molecular weight is 569 g/mol. The number of ether oxygens (including phenoxy) is 3. The van der Waals surface area contributed by atoms with E-state index in [-0.39, 0.29) is 24.0 Å². The molecule has 0 aliphatic carbocycles. The van der Waals surface area contributed by atoms with Crippen molar-refractivity contribution in [3.8, 4) is 17.2 Å². The van der Waals surface area contributed by atoms with Crippen LogP contribution < -0.4 is 24.8 Å². The number of hydrogen-bond acceptors (Lipinski definition) is 5. The number of nitrogens with zero attached hydrogens (tertiary/aromatic N) is 2. The molecule has 3 rings (SSSR count). The molecule has 0 radical (unpaired) electrons. The summed E-state index contributed by atoms with van der Waals surface area (Å²) in [5, 5.41) is 6.95. The zero-order valence-electron chi connectivity index (χ0n) is 20.1. The number of rotatable bonds is 10. The van der Waals surface area contributed by atoms with Crippen molar-refractivity contribution in [3.63, 3.8) is 0 Å². The van der Waals surface area contributed by atoms with E-state index >= 15 is 0 Å². The van der Waals surface area contributed by atoms with Crippen molar-refractivity contribution >= 4 is 29.9 Å². The van der Waals surface area contributed by atoms with Gasteiger partial charge in [0.05, 0.1) is 27.4 Å². The first-order valence-corrected chi connectivity index (χ1v) is 11.2. The molecule has 1 unspecified atom stereocenters. The molecule has 0 spiro atoms. The summed E-state index contributed by atoms with van der Waals surface area (Å²) in [5.41, 5.74) is 2.47. The highest BCUT2D eigenvalue weighted by Crippen LogP contribution is 2.28. The SMILES string of the molecule is CN=C(NCCc1ccc(OC)c(OC)c1)NCC(c1ccc(OC)cc1)N1CCCC1.I. The monoisotopic (exact) mass is 568 g/mol. The molecule has 1 fully saturated rings. The molecule has 2 aromatic carbocycles. The Morgan fingerprint density at radius 3 is 2.24 bits per heavy atom. The zero-order chi connectivity index (χ0) is 22.8. The van der Waals surface area contributed by atoms with Crippen molar-refractivity contribution in [2.75, 3.05) is 54.6 Å². The van der Waals surface area contributed by atoms with E-state index in [9.17, 15) is 0 Å². The summed E-state index contributed by atoms with van der Waals surface area (Å²) in [6.45, 7) is 3.82. The second-order valence-electron chi connectivity index (χ2n) is 7.85. The van der Waals surface area contributed by atoms with Crippen LogP contribution in [-0.4, -0.2) is 65.4 Å². The highest BCUT2D eigenvalue weighted by molar-refractivity contribution is 14.0. The van der Waals surface area contributed by atoms with Crippen LogP contribution in [0.1, 0.15) is 30.0 Å². The van der Waals surface area contributed by atoms with Crippen LogP contribution in [0.25, 0.3) is 0 Å². The molecule has 0 aromatic heterocycles. The van der Waals surface area contributed by atoms with Crippen molar-refractivity contribution in [2.45, 2.75) is 25.3 Å². The van der Waals surface area contributed by atoms with E-state index < -0.39 is 0 Å². The van der Waals surface area contributed by atoms with Crippen molar-refractivity contribution in [1.82, 2.24) is 15.5 Å². The normalized spacial score (nSPS) is 14.8. The van der Waals surface area contributed by atoms with E-state index in [1.807, 2.05) is 31.3 Å². The van der Waals surface area contributed by atoms with Gasteiger partial charge in [0.25, 0.3) is 0 Å². The van der Waals surface area contributed by atoms with Crippen molar-refractivity contribution in [1.29, 1.82) is 0 Å². The standard InChI is InChI=1S/C25H36N4O3.HI/c1-26-25(27-14-13-19-7-12-23(31-3)24(17-19)32-4)28-18-22(29-15-5-6-16-29)20-8-10-21(30-2)11-9-20;/h7-12,17,22H,5-6,13-16,18H2,1-4H3,(H2,26,27,28);1H. The molecule has 2 N–H and O–H groups in total. The summed E-state index contributed by atoms with van der Waals surface area (Å²) >= 11 is 0. The molecule has 0 amide bonds. The topological polar surface area (TPSA) is 67.4 Å². The van der Waals surface area contributed by atoms with Gasteiger partial charge in [0.2, 0.25) is 0 Å². The summed E-state index contributed by atoms with van der Waals surface area (Å²) in [6, 6.07) is 14.7. The Labute approximate surface area is 214 Å². The number of aliphatic imine (C=N–C) groups is 1. The minimum Gasteiger partial charge on any atom is -0.497 e. The lowest BCUT2D eigenvalue weighted by Crippen LogP contribution is -2.43. The van der Waals surface area contributed by atoms with Gasteiger partial charge in [0.15, 0.2) is 17.5 Å². The lowest BCUT2D eigenvalue weighted by Gasteiger charge is -2.29. The number of benzene rings is 2. The molecule has 1 aliphatic heterocycles. The molecular formula is C25H37IN4O3. The van der Waals surface area contributed by atoms with Crippen LogP contribution >= 0.6 is 24.0 Å². The Kier molecular flexibility index (Phi) is 11.6. The van der Waals surface area contributed by atoms with Crippen LogP contribution in [0.3, 0.4) is 0 Å². The molecule has 1 aliphatic rings. The molecule has 0 bridgehead atoms. The molecule has 182 valence electrons. The van der Waals surface area contributed by atoms with Crippen LogP contribution in [0.5, 0.6) is 17.2 Å². The fraction of sp³-hybridized carbons (Fsp3) is 0.480. The third-order valence-corrected chi connectivity index (χ3v) is 5.92. The predicted octanol–water partition coefficient (Wildman–Crippen LogP) is 3.88. The Morgan fingerprint density at radius 1 is 0.939 bits per heavy atom. The molecule has 1 heterocycles. The van der Waals surface area contributed by atoms with Crippen LogP contribution in [0.15, 0.2) is 47.5 Å². The lowest BCUT2D eigenvalue weighted by molar-refractivity contribution is 0.245. The summed E-state index contributed by atoms with van der Waals surface area (Å²) in [5.74, 6) is 3.19. The number of nitrogens with one attached hydrogen (secondary N) is 2. The summed E-state index contributed by atoms with van der Waals surface area (Å²) in [6.07, 6.45) is 3.37. The molecule has 2 aromatic rings. The van der Waals surface area contributed by atoms with Gasteiger partial charge >= 0.3 is 0 Å². The third kappa shape index (κ3) is 7.67. The number of hydrogen-bond donors (Lipinski definition) is 2. The number of guanidine groups is 1. The second-order valence-corrected chi connectivity index (χ2v) is 7.85. The van der Waals surface area contributed by atoms with Gasteiger partial charge in [0.1, 0.15) is 5.75 Å². The maximum Gasteiger partial charge on any atom is 0.191 e. The highest BCUT2D eigenvalue weighted by atomic mass is 127. The van der Waals surface area contributed by atoms with Gasteiger partial charge in [-0.1, -0.05) is 18.2 Å². The number of halogens is 1. The smallest absolute Gasteiger partial charge is 0.191 e. The predicted molar refractivity (Wildman–Crippen MR) is 145 cm³/mol. The fourth-order valence-electron chi connectivity index (χ4n) is 4.11. The number of methoxy groups -OCH3 is 3. The van der Waals surface area contributed by atoms with Crippen LogP contribution in [0, 0.1) is 0 Å². The van der Waals surface area contributed by atoms with Crippen molar-refractivity contribution < 1.29 is 14.2 Å². The van der Waals surface area contributed by atoms with E-state index in [4.69, 9.17) is 14.2 Å². The van der Waals surface area contributed by atoms with E-state index in [1.54, 1.807) is 21.3 Å². The van der Waals surface area contributed by atoms with E-state index in [2.05, 4.69) is 38.7 Å². The lowest BCUT2D eigenvalue weighted by atomic mass is 10.1. The van der Waals surface area contributed by atoms with E-state index in [0.29, 0.717) is 6.04 Å². The molecule has 1 saturated heterocycles. The van der Waals surface area contributed by atoms with Gasteiger partial charge in [-0.25, -0.2) is 0 Å². The Balaban J connectivity index is 0.00000385. The third-order valence-electron chi connectivity index (χ3n) is 5.92. The molecule has 33 heavy (non-hydrogen) atoms. The van der Waals surface area contributed by atoms with E-state index in [1.165, 1.54) is 24.0 Å². The molecule has 7 nitrogen and oxygen atoms in total. The van der Waals surface area contributed by atoms with Crippen molar-refractivity contribution in [2.24, 2.45) is 4.99 Å². The molecule has 0 saturated carbocycles. The second kappa shape index (κ2) is 14.1. The molecule has 8 heteroatoms. The molecular weight excluding hydrogens is 531 g/mol. The largest absolute Gasteiger partial charge is 0.497 e. The average Bonchev–Trinajstić information content (AvgIpc) is 3.38. The number of likely N-dealkylation sites (tertiary alicyclic amines) is 1. The van der Waals surface area contributed by atoms with Crippen LogP contribution in [0.4, 0.5) is 0 Å². The Morgan fingerprint density at radius 2 is 1.64 bits per heavy atom. The zero-order valence-corrected chi connectivity index (χ0v) is 22.4. The van der Waals surface area contributed by atoms with Gasteiger partial charge in [-0.05, 0) is 67.7 Å². The van der Waals surface area contributed by atoms with Crippen LogP contribution in [0.2, 0.25) is 0 Å². The maximum atomic E-state index is 5.40. The first kappa shape index (κ1) is 27.0. The highest BCUT2D eigenvalue weighted by Gasteiger charge is 2.23. The minimum atomic E-state index is 0. The Hall–Kier alpha value is -2.20. The first-order chi connectivity index (χ1) is 15.7. The Bertz CT molecular complexity index is 870. The van der Waals surface area contributed by atoms with Crippen molar-refractivity contribution in [3.05, 3.63) is 53.6 Å². The van der Waals surface area contributed by atoms with E-state index in [0.717, 1.165) is 55.8 Å². The maximum absolute atomic E-state index is 5.40. The minimum absolute atomic E-state index is 0.